The Bertz CT molecular complexity index is 171. The fraction of sp³-hybridized carbons (Fsp3) is 1.00. The zero-order valence-corrected chi connectivity index (χ0v) is 7.91. The first-order valence-corrected chi connectivity index (χ1v) is 4.54. The van der Waals surface area contributed by atoms with E-state index in [0.29, 0.717) is 6.61 Å². The summed E-state index contributed by atoms with van der Waals surface area (Å²) >= 11 is 0. The highest BCUT2D eigenvalue weighted by Crippen LogP contribution is 2.21. The smallest absolute Gasteiger partial charge is 0.186 e. The van der Waals surface area contributed by atoms with Crippen molar-refractivity contribution in [3.8, 4) is 0 Å². The van der Waals surface area contributed by atoms with E-state index in [1.165, 1.54) is 0 Å². The summed E-state index contributed by atoms with van der Waals surface area (Å²) in [6, 6.07) is 0. The second-order valence-corrected chi connectivity index (χ2v) is 3.15. The summed E-state index contributed by atoms with van der Waals surface area (Å²) in [5.74, 6) is 0. The number of ether oxygens (including phenoxy) is 2. The van der Waals surface area contributed by atoms with Crippen LogP contribution in [0.15, 0.2) is 0 Å². The van der Waals surface area contributed by atoms with Gasteiger partial charge in [-0.05, 0) is 6.92 Å². The molecule has 1 heterocycles. The molecule has 1 rings (SSSR count). The molecule has 0 aliphatic carbocycles. The van der Waals surface area contributed by atoms with Gasteiger partial charge in [0, 0.05) is 6.61 Å². The second-order valence-electron chi connectivity index (χ2n) is 3.15. The van der Waals surface area contributed by atoms with E-state index in [1.54, 1.807) is 6.92 Å². The van der Waals surface area contributed by atoms with Crippen molar-refractivity contribution in [2.75, 3.05) is 13.2 Å². The molecule has 0 aromatic heterocycles. The van der Waals surface area contributed by atoms with E-state index < -0.39 is 37.3 Å². The molecule has 0 amide bonds. The van der Waals surface area contributed by atoms with Crippen molar-refractivity contribution in [2.24, 2.45) is 0 Å². The maximum Gasteiger partial charge on any atom is 0.186 e. The Morgan fingerprint density at radius 2 is 1.79 bits per heavy atom. The molecule has 0 spiro atoms. The van der Waals surface area contributed by atoms with Crippen LogP contribution >= 0.6 is 0 Å². The average Bonchev–Trinajstić information content (AvgIpc) is 2.19. The van der Waals surface area contributed by atoms with Crippen LogP contribution in [0.3, 0.4) is 0 Å². The summed E-state index contributed by atoms with van der Waals surface area (Å²) in [6.07, 6.45) is -5.89. The predicted octanol–water partition coefficient (Wildman–Crippen LogP) is -2.18. The molecule has 0 bridgehead atoms. The standard InChI is InChI=1S/C8H16O6/c1-2-13-8-7(12)6(11)5(10)4(3-9)14-8/h4-12H,2-3H2,1H3/t4-,5-,6-,7-,8-/m1/s1. The molecule has 6 nitrogen and oxygen atoms in total. The highest BCUT2D eigenvalue weighted by molar-refractivity contribution is 4.88. The van der Waals surface area contributed by atoms with Gasteiger partial charge in [-0.1, -0.05) is 0 Å². The summed E-state index contributed by atoms with van der Waals surface area (Å²) in [7, 11) is 0. The first kappa shape index (κ1) is 11.8. The summed E-state index contributed by atoms with van der Waals surface area (Å²) in [5, 5.41) is 36.9. The van der Waals surface area contributed by atoms with Gasteiger partial charge in [0.25, 0.3) is 0 Å². The Labute approximate surface area is 81.7 Å². The van der Waals surface area contributed by atoms with Crippen LogP contribution in [0.25, 0.3) is 0 Å². The molecule has 0 radical (unpaired) electrons. The molecule has 1 saturated heterocycles. The number of aliphatic hydroxyl groups is 4. The maximum absolute atomic E-state index is 9.41. The molecule has 0 aromatic carbocycles. The first-order valence-electron chi connectivity index (χ1n) is 4.54. The zero-order chi connectivity index (χ0) is 10.7. The zero-order valence-electron chi connectivity index (χ0n) is 7.91. The molecule has 1 fully saturated rings. The van der Waals surface area contributed by atoms with E-state index in [-0.39, 0.29) is 0 Å². The quantitative estimate of drug-likeness (QED) is 0.421. The van der Waals surface area contributed by atoms with Crippen LogP contribution in [-0.4, -0.2) is 64.3 Å². The summed E-state index contributed by atoms with van der Waals surface area (Å²) in [6.45, 7) is 1.58. The SMILES string of the molecule is CCO[C@@H]1O[C@H](CO)[C@@H](O)[C@@H](O)[C@H]1O. The van der Waals surface area contributed by atoms with Crippen molar-refractivity contribution in [1.82, 2.24) is 0 Å². The third kappa shape index (κ3) is 2.22. The molecule has 6 heteroatoms. The molecule has 4 N–H and O–H groups in total. The molecule has 5 atom stereocenters. The second kappa shape index (κ2) is 5.01. The van der Waals surface area contributed by atoms with Crippen LogP contribution in [-0.2, 0) is 9.47 Å². The minimum absolute atomic E-state index is 0.308. The van der Waals surface area contributed by atoms with Gasteiger partial charge in [-0.25, -0.2) is 0 Å². The first-order chi connectivity index (χ1) is 6.61. The van der Waals surface area contributed by atoms with Gasteiger partial charge < -0.3 is 29.9 Å². The van der Waals surface area contributed by atoms with Gasteiger partial charge in [-0.2, -0.15) is 0 Å². The Morgan fingerprint density at radius 3 is 2.29 bits per heavy atom. The van der Waals surface area contributed by atoms with E-state index in [2.05, 4.69) is 0 Å². The Balaban J connectivity index is 2.63. The molecular weight excluding hydrogens is 192 g/mol. The van der Waals surface area contributed by atoms with Crippen LogP contribution in [0.2, 0.25) is 0 Å². The van der Waals surface area contributed by atoms with Gasteiger partial charge in [0.05, 0.1) is 6.61 Å². The lowest BCUT2D eigenvalue weighted by atomic mass is 9.99. The predicted molar refractivity (Wildman–Crippen MR) is 45.4 cm³/mol. The highest BCUT2D eigenvalue weighted by atomic mass is 16.7. The monoisotopic (exact) mass is 208 g/mol. The topological polar surface area (TPSA) is 99.4 Å². The van der Waals surface area contributed by atoms with Gasteiger partial charge in [-0.15, -0.1) is 0 Å². The Morgan fingerprint density at radius 1 is 1.14 bits per heavy atom. The van der Waals surface area contributed by atoms with Crippen LogP contribution < -0.4 is 0 Å². The Hall–Kier alpha value is -0.240. The van der Waals surface area contributed by atoms with Crippen molar-refractivity contribution in [1.29, 1.82) is 0 Å². The lowest BCUT2D eigenvalue weighted by Crippen LogP contribution is -2.59. The van der Waals surface area contributed by atoms with Gasteiger partial charge >= 0.3 is 0 Å². The molecular formula is C8H16O6. The third-order valence-corrected chi connectivity index (χ3v) is 2.18. The van der Waals surface area contributed by atoms with E-state index in [4.69, 9.17) is 14.6 Å². The van der Waals surface area contributed by atoms with Crippen LogP contribution in [0, 0.1) is 0 Å². The van der Waals surface area contributed by atoms with Crippen molar-refractivity contribution in [3.63, 3.8) is 0 Å². The van der Waals surface area contributed by atoms with Crippen LogP contribution in [0.1, 0.15) is 6.92 Å². The number of hydrogen-bond donors (Lipinski definition) is 4. The number of hydrogen-bond acceptors (Lipinski definition) is 6. The highest BCUT2D eigenvalue weighted by Gasteiger charge is 2.43. The largest absolute Gasteiger partial charge is 0.394 e. The maximum atomic E-state index is 9.41. The van der Waals surface area contributed by atoms with E-state index in [9.17, 15) is 15.3 Å². The molecule has 0 unspecified atom stereocenters. The minimum Gasteiger partial charge on any atom is -0.394 e. The van der Waals surface area contributed by atoms with E-state index >= 15 is 0 Å². The average molecular weight is 208 g/mol. The van der Waals surface area contributed by atoms with Gasteiger partial charge in [0.15, 0.2) is 6.29 Å². The van der Waals surface area contributed by atoms with Crippen molar-refractivity contribution in [3.05, 3.63) is 0 Å². The lowest BCUT2D eigenvalue weighted by molar-refractivity contribution is -0.300. The normalized spacial score (nSPS) is 43.9. The van der Waals surface area contributed by atoms with Crippen LogP contribution in [0.5, 0.6) is 0 Å². The number of rotatable bonds is 3. The van der Waals surface area contributed by atoms with Crippen molar-refractivity contribution < 1.29 is 29.9 Å². The van der Waals surface area contributed by atoms with E-state index in [0.717, 1.165) is 0 Å². The van der Waals surface area contributed by atoms with Crippen molar-refractivity contribution >= 4 is 0 Å². The van der Waals surface area contributed by atoms with Gasteiger partial charge in [0.2, 0.25) is 0 Å². The molecule has 1 aliphatic rings. The molecule has 1 aliphatic heterocycles. The minimum atomic E-state index is -1.36. The van der Waals surface area contributed by atoms with E-state index in [1.807, 2.05) is 0 Å². The molecule has 14 heavy (non-hydrogen) atoms. The molecule has 0 aromatic rings. The van der Waals surface area contributed by atoms with Gasteiger partial charge in [0.1, 0.15) is 24.4 Å². The van der Waals surface area contributed by atoms with Crippen LogP contribution in [0.4, 0.5) is 0 Å². The third-order valence-electron chi connectivity index (χ3n) is 2.18. The molecule has 84 valence electrons. The fourth-order valence-electron chi connectivity index (χ4n) is 1.37. The summed E-state index contributed by atoms with van der Waals surface area (Å²) < 4.78 is 10.0. The lowest BCUT2D eigenvalue weighted by Gasteiger charge is -2.39. The summed E-state index contributed by atoms with van der Waals surface area (Å²) in [4.78, 5) is 0. The number of aliphatic hydroxyl groups excluding tert-OH is 4. The Kier molecular flexibility index (Phi) is 4.24. The van der Waals surface area contributed by atoms with Crippen molar-refractivity contribution in [2.45, 2.75) is 37.6 Å². The fourth-order valence-corrected chi connectivity index (χ4v) is 1.37. The van der Waals surface area contributed by atoms with Gasteiger partial charge in [-0.3, -0.25) is 0 Å². The molecule has 0 saturated carbocycles. The summed E-state index contributed by atoms with van der Waals surface area (Å²) in [5.41, 5.74) is 0.